The number of thioether (sulfide) groups is 1. The fraction of sp³-hybridized carbons (Fsp3) is 0.538. The second kappa shape index (κ2) is 13.2. The number of rotatable bonds is 8. The van der Waals surface area contributed by atoms with Gasteiger partial charge in [0.1, 0.15) is 6.10 Å². The Kier molecular flexibility index (Phi) is 14.2. The van der Waals surface area contributed by atoms with Gasteiger partial charge in [-0.1, -0.05) is 6.07 Å². The average Bonchev–Trinajstić information content (AvgIpc) is 2.44. The van der Waals surface area contributed by atoms with Crippen molar-refractivity contribution in [3.63, 3.8) is 0 Å². The first-order valence-corrected chi connectivity index (χ1v) is 7.64. The maximum atomic E-state index is 11.7. The van der Waals surface area contributed by atoms with Gasteiger partial charge in [-0.2, -0.15) is 11.8 Å². The van der Waals surface area contributed by atoms with E-state index in [2.05, 4.69) is 10.3 Å². The van der Waals surface area contributed by atoms with Crippen molar-refractivity contribution in [2.24, 2.45) is 5.73 Å². The van der Waals surface area contributed by atoms with Crippen molar-refractivity contribution in [2.75, 3.05) is 18.6 Å². The van der Waals surface area contributed by atoms with E-state index in [4.69, 9.17) is 5.73 Å². The van der Waals surface area contributed by atoms with E-state index >= 15 is 0 Å². The standard InChI is InChI=1S/C13H21N3O2S.2ClH/c1-19-9-6-11(14)12(17)13(18)16-8-5-10-4-2-3-7-15-10;;/h2-4,7,11-12,17H,5-6,8-9,14H2,1H3,(H,16,18);2*1H/t11-,12?;;/m1../s1. The van der Waals surface area contributed by atoms with E-state index in [1.807, 2.05) is 24.5 Å². The smallest absolute Gasteiger partial charge is 0.250 e. The Balaban J connectivity index is 0. The lowest BCUT2D eigenvalue weighted by Gasteiger charge is -2.17. The molecule has 1 unspecified atom stereocenters. The van der Waals surface area contributed by atoms with E-state index in [0.29, 0.717) is 19.4 Å². The number of nitrogens with two attached hydrogens (primary N) is 1. The predicted molar refractivity (Wildman–Crippen MR) is 92.4 cm³/mol. The predicted octanol–water partition coefficient (Wildman–Crippen LogP) is 1.03. The Hall–Kier alpha value is -0.530. The Morgan fingerprint density at radius 2 is 2.19 bits per heavy atom. The molecule has 0 radical (unpaired) electrons. The van der Waals surface area contributed by atoms with E-state index in [1.54, 1.807) is 18.0 Å². The van der Waals surface area contributed by atoms with Crippen molar-refractivity contribution in [3.05, 3.63) is 30.1 Å². The number of aliphatic hydroxyl groups is 1. The van der Waals surface area contributed by atoms with Crippen molar-refractivity contribution in [1.82, 2.24) is 10.3 Å². The fourth-order valence-electron chi connectivity index (χ4n) is 1.57. The molecule has 1 rings (SSSR count). The molecule has 0 bridgehead atoms. The largest absolute Gasteiger partial charge is 0.382 e. The lowest BCUT2D eigenvalue weighted by Crippen LogP contribution is -2.47. The Labute approximate surface area is 142 Å². The number of aromatic nitrogens is 1. The van der Waals surface area contributed by atoms with Crippen LogP contribution in [-0.2, 0) is 11.2 Å². The minimum Gasteiger partial charge on any atom is -0.382 e. The van der Waals surface area contributed by atoms with Crippen molar-refractivity contribution >= 4 is 42.5 Å². The van der Waals surface area contributed by atoms with Gasteiger partial charge in [-0.05, 0) is 30.6 Å². The second-order valence-electron chi connectivity index (χ2n) is 4.25. The third kappa shape index (κ3) is 9.16. The summed E-state index contributed by atoms with van der Waals surface area (Å²) in [5.41, 5.74) is 6.66. The number of aliphatic hydroxyl groups excluding tert-OH is 1. The van der Waals surface area contributed by atoms with Gasteiger partial charge in [-0.3, -0.25) is 9.78 Å². The van der Waals surface area contributed by atoms with Gasteiger partial charge < -0.3 is 16.2 Å². The summed E-state index contributed by atoms with van der Waals surface area (Å²) in [6, 6.07) is 5.13. The number of halogens is 2. The van der Waals surface area contributed by atoms with Crippen LogP contribution < -0.4 is 11.1 Å². The van der Waals surface area contributed by atoms with Crippen LogP contribution in [0.3, 0.4) is 0 Å². The topological polar surface area (TPSA) is 88.2 Å². The first-order valence-electron chi connectivity index (χ1n) is 6.25. The lowest BCUT2D eigenvalue weighted by atomic mass is 10.1. The SMILES string of the molecule is CSCC[C@@H](N)C(O)C(=O)NCCc1ccccn1.Cl.Cl. The van der Waals surface area contributed by atoms with Crippen LogP contribution in [0.4, 0.5) is 0 Å². The third-order valence-corrected chi connectivity index (χ3v) is 3.38. The Morgan fingerprint density at radius 3 is 2.76 bits per heavy atom. The Bertz CT molecular complexity index is 385. The molecule has 0 aliphatic heterocycles. The molecule has 1 aromatic rings. The van der Waals surface area contributed by atoms with Crippen LogP contribution in [-0.4, -0.2) is 46.7 Å². The molecule has 5 nitrogen and oxygen atoms in total. The molecule has 0 aliphatic carbocycles. The number of carbonyl (C=O) groups excluding carboxylic acids is 1. The average molecular weight is 356 g/mol. The minimum atomic E-state index is -1.14. The molecule has 1 amide bonds. The molecular formula is C13H23Cl2N3O2S. The van der Waals surface area contributed by atoms with Gasteiger partial charge >= 0.3 is 0 Å². The lowest BCUT2D eigenvalue weighted by molar-refractivity contribution is -0.130. The van der Waals surface area contributed by atoms with Gasteiger partial charge in [-0.25, -0.2) is 0 Å². The van der Waals surface area contributed by atoms with Crippen LogP contribution in [0.25, 0.3) is 0 Å². The summed E-state index contributed by atoms with van der Waals surface area (Å²) in [6.07, 6.45) is 3.79. The van der Waals surface area contributed by atoms with Gasteiger partial charge in [0.25, 0.3) is 0 Å². The Morgan fingerprint density at radius 1 is 1.48 bits per heavy atom. The number of hydrogen-bond acceptors (Lipinski definition) is 5. The van der Waals surface area contributed by atoms with Crippen LogP contribution in [0.1, 0.15) is 12.1 Å². The molecule has 122 valence electrons. The molecular weight excluding hydrogens is 333 g/mol. The van der Waals surface area contributed by atoms with E-state index < -0.39 is 18.1 Å². The zero-order valence-electron chi connectivity index (χ0n) is 11.9. The first-order chi connectivity index (χ1) is 9.15. The van der Waals surface area contributed by atoms with E-state index in [0.717, 1.165) is 11.4 Å². The zero-order chi connectivity index (χ0) is 14.1. The zero-order valence-corrected chi connectivity index (χ0v) is 14.3. The highest BCUT2D eigenvalue weighted by Crippen LogP contribution is 2.03. The van der Waals surface area contributed by atoms with Gasteiger partial charge in [0, 0.05) is 30.9 Å². The molecule has 4 N–H and O–H groups in total. The van der Waals surface area contributed by atoms with Gasteiger partial charge in [0.05, 0.1) is 0 Å². The van der Waals surface area contributed by atoms with Crippen LogP contribution in [0.5, 0.6) is 0 Å². The number of amides is 1. The maximum absolute atomic E-state index is 11.7. The van der Waals surface area contributed by atoms with E-state index in [-0.39, 0.29) is 24.8 Å². The summed E-state index contributed by atoms with van der Waals surface area (Å²) in [5, 5.41) is 12.4. The van der Waals surface area contributed by atoms with Crippen LogP contribution in [0, 0.1) is 0 Å². The van der Waals surface area contributed by atoms with Crippen molar-refractivity contribution in [1.29, 1.82) is 0 Å². The highest BCUT2D eigenvalue weighted by Gasteiger charge is 2.21. The quantitative estimate of drug-likeness (QED) is 0.647. The molecule has 0 aromatic carbocycles. The number of carbonyl (C=O) groups is 1. The molecule has 8 heteroatoms. The molecule has 0 aliphatic rings. The number of pyridine rings is 1. The summed E-state index contributed by atoms with van der Waals surface area (Å²) < 4.78 is 0. The monoisotopic (exact) mass is 355 g/mol. The van der Waals surface area contributed by atoms with Crippen LogP contribution in [0.2, 0.25) is 0 Å². The molecule has 0 saturated heterocycles. The van der Waals surface area contributed by atoms with Crippen LogP contribution >= 0.6 is 36.6 Å². The summed E-state index contributed by atoms with van der Waals surface area (Å²) in [6.45, 7) is 0.447. The van der Waals surface area contributed by atoms with E-state index in [9.17, 15) is 9.90 Å². The minimum absolute atomic E-state index is 0. The molecule has 0 spiro atoms. The second-order valence-corrected chi connectivity index (χ2v) is 5.24. The molecule has 0 saturated carbocycles. The third-order valence-electron chi connectivity index (χ3n) is 2.74. The van der Waals surface area contributed by atoms with Crippen molar-refractivity contribution in [2.45, 2.75) is 25.0 Å². The molecule has 21 heavy (non-hydrogen) atoms. The van der Waals surface area contributed by atoms with Gasteiger partial charge in [0.2, 0.25) is 5.91 Å². The first kappa shape index (κ1) is 22.7. The fourth-order valence-corrected chi connectivity index (χ4v) is 2.08. The number of nitrogens with one attached hydrogen (secondary N) is 1. The highest BCUT2D eigenvalue weighted by atomic mass is 35.5. The number of nitrogens with zero attached hydrogens (tertiary/aromatic N) is 1. The maximum Gasteiger partial charge on any atom is 0.250 e. The summed E-state index contributed by atoms with van der Waals surface area (Å²) in [4.78, 5) is 15.8. The van der Waals surface area contributed by atoms with Gasteiger partial charge in [0.15, 0.2) is 0 Å². The van der Waals surface area contributed by atoms with Crippen LogP contribution in [0.15, 0.2) is 24.4 Å². The summed E-state index contributed by atoms with van der Waals surface area (Å²) in [5.74, 6) is 0.420. The van der Waals surface area contributed by atoms with Crippen molar-refractivity contribution < 1.29 is 9.90 Å². The summed E-state index contributed by atoms with van der Waals surface area (Å²) in [7, 11) is 0. The number of hydrogen-bond donors (Lipinski definition) is 3. The molecule has 2 atom stereocenters. The van der Waals surface area contributed by atoms with Crippen molar-refractivity contribution in [3.8, 4) is 0 Å². The molecule has 1 aromatic heterocycles. The highest BCUT2D eigenvalue weighted by molar-refractivity contribution is 7.98. The van der Waals surface area contributed by atoms with E-state index in [1.165, 1.54) is 0 Å². The molecule has 0 fully saturated rings. The summed E-state index contributed by atoms with van der Waals surface area (Å²) >= 11 is 1.64. The normalized spacial score (nSPS) is 12.5. The van der Waals surface area contributed by atoms with Gasteiger partial charge in [-0.15, -0.1) is 24.8 Å². The molecule has 1 heterocycles.